The molecule has 2 rings (SSSR count). The highest BCUT2D eigenvalue weighted by molar-refractivity contribution is 7.89. The van der Waals surface area contributed by atoms with Gasteiger partial charge >= 0.3 is 0 Å². The molecular formula is C16H25N3O4S. The number of rotatable bonds is 7. The second-order valence-electron chi connectivity index (χ2n) is 6.71. The molecule has 0 unspecified atom stereocenters. The van der Waals surface area contributed by atoms with Gasteiger partial charge in [-0.05, 0) is 43.4 Å². The number of nitro benzene ring substituents is 1. The van der Waals surface area contributed by atoms with Gasteiger partial charge in [-0.1, -0.05) is 13.8 Å². The van der Waals surface area contributed by atoms with Crippen molar-refractivity contribution in [2.45, 2.75) is 31.6 Å². The lowest BCUT2D eigenvalue weighted by Gasteiger charge is -2.34. The Bertz CT molecular complexity index is 650. The monoisotopic (exact) mass is 355 g/mol. The fraction of sp³-hybridized carbons (Fsp3) is 0.625. The van der Waals surface area contributed by atoms with Gasteiger partial charge in [-0.2, -0.15) is 0 Å². The van der Waals surface area contributed by atoms with Gasteiger partial charge in [-0.3, -0.25) is 10.1 Å². The summed E-state index contributed by atoms with van der Waals surface area (Å²) in [6.45, 7) is 7.87. The summed E-state index contributed by atoms with van der Waals surface area (Å²) in [4.78, 5) is 12.5. The Balaban J connectivity index is 1.81. The van der Waals surface area contributed by atoms with Crippen molar-refractivity contribution in [2.24, 2.45) is 11.8 Å². The molecule has 1 aliphatic rings. The first-order valence-corrected chi connectivity index (χ1v) is 9.72. The molecule has 1 saturated heterocycles. The fourth-order valence-corrected chi connectivity index (χ4v) is 4.39. The quantitative estimate of drug-likeness (QED) is 0.460. The molecule has 1 N–H and O–H groups in total. The molecule has 0 aromatic heterocycles. The number of sulfonamides is 1. The molecule has 1 aromatic rings. The van der Waals surface area contributed by atoms with E-state index >= 15 is 0 Å². The van der Waals surface area contributed by atoms with Gasteiger partial charge in [0.1, 0.15) is 0 Å². The van der Waals surface area contributed by atoms with Crippen LogP contribution in [0.25, 0.3) is 0 Å². The first kappa shape index (κ1) is 18.8. The standard InChI is InChI=1S/C16H25N3O4S/c1-13-10-14(2)12-18(11-13)9-3-8-17-24(22,23)16-6-4-15(5-7-16)19(20)21/h4-7,13-14,17H,3,8-12H2,1-2H3/t13-,14+. The molecular weight excluding hydrogens is 330 g/mol. The third kappa shape index (κ3) is 5.25. The zero-order valence-electron chi connectivity index (χ0n) is 14.1. The Labute approximate surface area is 143 Å². The maximum atomic E-state index is 12.2. The summed E-state index contributed by atoms with van der Waals surface area (Å²) in [6, 6.07) is 4.92. The zero-order valence-corrected chi connectivity index (χ0v) is 15.0. The van der Waals surface area contributed by atoms with E-state index in [4.69, 9.17) is 0 Å². The summed E-state index contributed by atoms with van der Waals surface area (Å²) < 4.78 is 26.9. The largest absolute Gasteiger partial charge is 0.303 e. The maximum absolute atomic E-state index is 12.2. The van der Waals surface area contributed by atoms with E-state index < -0.39 is 14.9 Å². The molecule has 134 valence electrons. The average molecular weight is 355 g/mol. The van der Waals surface area contributed by atoms with Crippen LogP contribution in [0.15, 0.2) is 29.2 Å². The second-order valence-corrected chi connectivity index (χ2v) is 8.47. The summed E-state index contributed by atoms with van der Waals surface area (Å²) in [7, 11) is -3.62. The topological polar surface area (TPSA) is 92.6 Å². The number of hydrogen-bond acceptors (Lipinski definition) is 5. The number of piperidine rings is 1. The van der Waals surface area contributed by atoms with Crippen molar-refractivity contribution in [3.05, 3.63) is 34.4 Å². The third-order valence-electron chi connectivity index (χ3n) is 4.25. The van der Waals surface area contributed by atoms with Crippen molar-refractivity contribution in [1.82, 2.24) is 9.62 Å². The number of nitro groups is 1. The van der Waals surface area contributed by atoms with Crippen LogP contribution in [-0.4, -0.2) is 44.4 Å². The highest BCUT2D eigenvalue weighted by Gasteiger charge is 2.21. The summed E-state index contributed by atoms with van der Waals surface area (Å²) >= 11 is 0. The molecule has 1 heterocycles. The van der Waals surface area contributed by atoms with E-state index in [0.29, 0.717) is 18.4 Å². The van der Waals surface area contributed by atoms with Crippen molar-refractivity contribution >= 4 is 15.7 Å². The predicted molar refractivity (Wildman–Crippen MR) is 92.3 cm³/mol. The average Bonchev–Trinajstić information content (AvgIpc) is 2.51. The minimum absolute atomic E-state index is 0.0494. The smallest absolute Gasteiger partial charge is 0.269 e. The molecule has 0 radical (unpaired) electrons. The number of nitrogens with zero attached hydrogens (tertiary/aromatic N) is 2. The van der Waals surface area contributed by atoms with Gasteiger partial charge in [-0.25, -0.2) is 13.1 Å². The summed E-state index contributed by atoms with van der Waals surface area (Å²) in [5, 5.41) is 10.6. The number of hydrogen-bond donors (Lipinski definition) is 1. The lowest BCUT2D eigenvalue weighted by atomic mass is 9.92. The van der Waals surface area contributed by atoms with Crippen LogP contribution in [0.4, 0.5) is 5.69 Å². The normalized spacial score (nSPS) is 22.4. The molecule has 0 aliphatic carbocycles. The van der Waals surface area contributed by atoms with Crippen molar-refractivity contribution < 1.29 is 13.3 Å². The van der Waals surface area contributed by atoms with E-state index in [9.17, 15) is 18.5 Å². The van der Waals surface area contributed by atoms with Crippen LogP contribution in [-0.2, 0) is 10.0 Å². The van der Waals surface area contributed by atoms with E-state index in [1.165, 1.54) is 30.7 Å². The lowest BCUT2D eigenvalue weighted by Crippen LogP contribution is -2.40. The highest BCUT2D eigenvalue weighted by Crippen LogP contribution is 2.21. The van der Waals surface area contributed by atoms with Crippen molar-refractivity contribution in [3.8, 4) is 0 Å². The van der Waals surface area contributed by atoms with Crippen LogP contribution < -0.4 is 4.72 Å². The SMILES string of the molecule is C[C@@H]1C[C@H](C)CN(CCCNS(=O)(=O)c2ccc([N+](=O)[O-])cc2)C1. The number of likely N-dealkylation sites (tertiary alicyclic amines) is 1. The Kier molecular flexibility index (Phi) is 6.31. The zero-order chi connectivity index (χ0) is 17.7. The van der Waals surface area contributed by atoms with Crippen LogP contribution in [0.3, 0.4) is 0 Å². The molecule has 8 heteroatoms. The summed E-state index contributed by atoms with van der Waals surface area (Å²) in [5.41, 5.74) is -0.123. The Hall–Kier alpha value is -1.51. The number of nitrogens with one attached hydrogen (secondary N) is 1. The fourth-order valence-electron chi connectivity index (χ4n) is 3.31. The van der Waals surface area contributed by atoms with Gasteiger partial charge in [0, 0.05) is 31.8 Å². The summed E-state index contributed by atoms with van der Waals surface area (Å²) in [5.74, 6) is 1.37. The van der Waals surface area contributed by atoms with Crippen LogP contribution in [0.2, 0.25) is 0 Å². The van der Waals surface area contributed by atoms with Crippen LogP contribution in [0.5, 0.6) is 0 Å². The number of non-ortho nitro benzene ring substituents is 1. The van der Waals surface area contributed by atoms with Crippen molar-refractivity contribution in [2.75, 3.05) is 26.2 Å². The van der Waals surface area contributed by atoms with Gasteiger partial charge in [-0.15, -0.1) is 0 Å². The van der Waals surface area contributed by atoms with E-state index in [2.05, 4.69) is 23.5 Å². The first-order valence-electron chi connectivity index (χ1n) is 8.24. The lowest BCUT2D eigenvalue weighted by molar-refractivity contribution is -0.384. The highest BCUT2D eigenvalue weighted by atomic mass is 32.2. The molecule has 0 amide bonds. The molecule has 2 atom stereocenters. The van der Waals surface area contributed by atoms with Crippen molar-refractivity contribution in [3.63, 3.8) is 0 Å². The molecule has 0 spiro atoms. The Morgan fingerprint density at radius 3 is 2.33 bits per heavy atom. The third-order valence-corrected chi connectivity index (χ3v) is 5.72. The van der Waals surface area contributed by atoms with Crippen molar-refractivity contribution in [1.29, 1.82) is 0 Å². The molecule has 1 fully saturated rings. The minimum Gasteiger partial charge on any atom is -0.303 e. The van der Waals surface area contributed by atoms with Crippen LogP contribution >= 0.6 is 0 Å². The van der Waals surface area contributed by atoms with Gasteiger partial charge in [0.2, 0.25) is 10.0 Å². The predicted octanol–water partition coefficient (Wildman–Crippen LogP) is 2.24. The van der Waals surface area contributed by atoms with Crippen LogP contribution in [0, 0.1) is 22.0 Å². The molecule has 7 nitrogen and oxygen atoms in total. The maximum Gasteiger partial charge on any atom is 0.269 e. The molecule has 24 heavy (non-hydrogen) atoms. The molecule has 0 saturated carbocycles. The molecule has 1 aliphatic heterocycles. The van der Waals surface area contributed by atoms with Gasteiger partial charge in [0.15, 0.2) is 0 Å². The molecule has 1 aromatic carbocycles. The summed E-state index contributed by atoms with van der Waals surface area (Å²) in [6.07, 6.45) is 1.99. The molecule has 0 bridgehead atoms. The van der Waals surface area contributed by atoms with E-state index in [1.54, 1.807) is 0 Å². The van der Waals surface area contributed by atoms with E-state index in [-0.39, 0.29) is 10.6 Å². The van der Waals surface area contributed by atoms with E-state index in [1.807, 2.05) is 0 Å². The van der Waals surface area contributed by atoms with Gasteiger partial charge in [0.05, 0.1) is 9.82 Å². The van der Waals surface area contributed by atoms with Gasteiger partial charge < -0.3 is 4.90 Å². The Morgan fingerprint density at radius 2 is 1.79 bits per heavy atom. The first-order chi connectivity index (χ1) is 11.3. The second kappa shape index (κ2) is 8.04. The Morgan fingerprint density at radius 1 is 1.21 bits per heavy atom. The van der Waals surface area contributed by atoms with E-state index in [0.717, 1.165) is 26.1 Å². The van der Waals surface area contributed by atoms with Gasteiger partial charge in [0.25, 0.3) is 5.69 Å². The van der Waals surface area contributed by atoms with Crippen LogP contribution in [0.1, 0.15) is 26.7 Å². The minimum atomic E-state index is -3.62. The number of benzene rings is 1.